The largest absolute Gasteiger partial charge is 0.482 e. The lowest BCUT2D eigenvalue weighted by Crippen LogP contribution is -2.29. The van der Waals surface area contributed by atoms with Gasteiger partial charge in [-0.3, -0.25) is 15.0 Å². The molecule has 0 aliphatic carbocycles. The molecule has 0 radical (unpaired) electrons. The average Bonchev–Trinajstić information content (AvgIpc) is 2.80. The van der Waals surface area contributed by atoms with Crippen LogP contribution in [-0.4, -0.2) is 27.6 Å². The molecule has 2 heterocycles. The second kappa shape index (κ2) is 4.91. The molecule has 2 rings (SSSR count). The molecule has 5 heteroatoms. The van der Waals surface area contributed by atoms with Crippen LogP contribution in [0.15, 0.2) is 54.3 Å². The molecule has 18 heavy (non-hydrogen) atoms. The second-order valence-electron chi connectivity index (χ2n) is 4.02. The molecule has 0 fully saturated rings. The normalized spacial score (nSPS) is 15.2. The van der Waals surface area contributed by atoms with Gasteiger partial charge < -0.3 is 4.74 Å². The Bertz CT molecular complexity index is 525. The van der Waals surface area contributed by atoms with E-state index in [-0.39, 0.29) is 0 Å². The molecule has 1 aromatic rings. The van der Waals surface area contributed by atoms with Crippen LogP contribution in [0.1, 0.15) is 6.92 Å². The minimum absolute atomic E-state index is 0.377. The molecule has 0 bridgehead atoms. The molecule has 5 nitrogen and oxygen atoms in total. The third-order valence-corrected chi connectivity index (χ3v) is 2.62. The minimum Gasteiger partial charge on any atom is -0.482 e. The number of nitrogens with one attached hydrogen (secondary N) is 1. The van der Waals surface area contributed by atoms with Crippen LogP contribution in [0.5, 0.6) is 0 Å². The van der Waals surface area contributed by atoms with Crippen molar-refractivity contribution < 1.29 is 4.74 Å². The van der Waals surface area contributed by atoms with Gasteiger partial charge in [0.05, 0.1) is 13.7 Å². The molecule has 0 atom stereocenters. The fourth-order valence-corrected chi connectivity index (χ4v) is 1.89. The zero-order valence-corrected chi connectivity index (χ0v) is 10.6. The number of hydrogen-bond acceptors (Lipinski definition) is 3. The average molecular weight is 244 g/mol. The summed E-state index contributed by atoms with van der Waals surface area (Å²) in [6, 6.07) is 1.88. The van der Waals surface area contributed by atoms with E-state index in [1.54, 1.807) is 25.1 Å². The van der Waals surface area contributed by atoms with Gasteiger partial charge in [0.15, 0.2) is 5.88 Å². The first-order chi connectivity index (χ1) is 8.61. The highest BCUT2D eigenvalue weighted by Gasteiger charge is 2.19. The third-order valence-electron chi connectivity index (χ3n) is 2.62. The van der Waals surface area contributed by atoms with E-state index in [4.69, 9.17) is 10.1 Å². The summed E-state index contributed by atoms with van der Waals surface area (Å²) in [6.45, 7) is 6.31. The summed E-state index contributed by atoms with van der Waals surface area (Å²) in [7, 11) is 1.59. The molecular weight excluding hydrogens is 228 g/mol. The van der Waals surface area contributed by atoms with Crippen molar-refractivity contribution in [1.29, 1.82) is 5.41 Å². The highest BCUT2D eigenvalue weighted by atomic mass is 16.5. The minimum atomic E-state index is 0.377. The van der Waals surface area contributed by atoms with Crippen molar-refractivity contribution >= 4 is 5.84 Å². The Labute approximate surface area is 106 Å². The number of aromatic nitrogens is 2. The zero-order chi connectivity index (χ0) is 13.1. The van der Waals surface area contributed by atoms with Gasteiger partial charge in [-0.15, -0.1) is 0 Å². The van der Waals surface area contributed by atoms with E-state index in [1.807, 2.05) is 29.1 Å². The molecule has 0 aromatic carbocycles. The number of allylic oxidation sites excluding steroid dienone is 3. The number of nitrogens with zero attached hydrogens (tertiary/aromatic N) is 3. The van der Waals surface area contributed by atoms with Gasteiger partial charge >= 0.3 is 0 Å². The fourth-order valence-electron chi connectivity index (χ4n) is 1.89. The Kier molecular flexibility index (Phi) is 3.32. The topological polar surface area (TPSA) is 54.1 Å². The van der Waals surface area contributed by atoms with Crippen LogP contribution >= 0.6 is 0 Å². The number of amidine groups is 1. The van der Waals surface area contributed by atoms with E-state index in [2.05, 4.69) is 11.7 Å². The molecule has 94 valence electrons. The van der Waals surface area contributed by atoms with Crippen LogP contribution in [0.2, 0.25) is 0 Å². The van der Waals surface area contributed by atoms with Crippen molar-refractivity contribution in [2.75, 3.05) is 7.11 Å². The zero-order valence-electron chi connectivity index (χ0n) is 10.6. The number of ether oxygens (including phenoxy) is 1. The van der Waals surface area contributed by atoms with Gasteiger partial charge in [-0.25, -0.2) is 0 Å². The molecule has 0 saturated heterocycles. The second-order valence-corrected chi connectivity index (χ2v) is 4.02. The summed E-state index contributed by atoms with van der Waals surface area (Å²) < 4.78 is 7.13. The van der Waals surface area contributed by atoms with Crippen LogP contribution in [0.25, 0.3) is 0 Å². The molecule has 1 aliphatic rings. The van der Waals surface area contributed by atoms with E-state index >= 15 is 0 Å². The van der Waals surface area contributed by atoms with Crippen LogP contribution < -0.4 is 0 Å². The molecule has 0 spiro atoms. The number of hydrogen-bond donors (Lipinski definition) is 1. The van der Waals surface area contributed by atoms with Crippen LogP contribution in [0.3, 0.4) is 0 Å². The lowest BCUT2D eigenvalue weighted by Gasteiger charge is -2.28. The lowest BCUT2D eigenvalue weighted by molar-refractivity contribution is 0.220. The highest BCUT2D eigenvalue weighted by molar-refractivity contribution is 5.81. The summed E-state index contributed by atoms with van der Waals surface area (Å²) in [6.07, 6.45) is 7.47. The summed E-state index contributed by atoms with van der Waals surface area (Å²) in [5, 5.41) is 11.9. The molecule has 0 unspecified atom stereocenters. The van der Waals surface area contributed by atoms with Gasteiger partial charge in [0.2, 0.25) is 0 Å². The maximum absolute atomic E-state index is 7.71. The molecule has 0 saturated carbocycles. The Hall–Kier alpha value is -2.30. The summed E-state index contributed by atoms with van der Waals surface area (Å²) in [4.78, 5) is 1.66. The van der Waals surface area contributed by atoms with Gasteiger partial charge in [0.25, 0.3) is 0 Å². The Morgan fingerprint density at radius 1 is 1.50 bits per heavy atom. The first-order valence-electron chi connectivity index (χ1n) is 5.59. The summed E-state index contributed by atoms with van der Waals surface area (Å²) in [5.41, 5.74) is 1.77. The smallest absolute Gasteiger partial charge is 0.199 e. The maximum Gasteiger partial charge on any atom is 0.199 e. The first kappa shape index (κ1) is 12.2. The standard InChI is InChI=1S/C13H16N4O/c1-10-7-12(9-16-6-4-5-15-16)8-13(18-3)17(10)11(2)14/h4-8,14H,1,9H2,2-3H3. The summed E-state index contributed by atoms with van der Waals surface area (Å²) in [5.74, 6) is 0.986. The fraction of sp³-hybridized carbons (Fsp3) is 0.231. The Balaban J connectivity index is 2.24. The van der Waals surface area contributed by atoms with Gasteiger partial charge in [-0.1, -0.05) is 6.58 Å². The van der Waals surface area contributed by atoms with Gasteiger partial charge in [0, 0.05) is 24.2 Å². The molecule has 1 N–H and O–H groups in total. The number of methoxy groups -OCH3 is 1. The maximum atomic E-state index is 7.71. The molecule has 1 aliphatic heterocycles. The molecule has 0 amide bonds. The van der Waals surface area contributed by atoms with Crippen molar-refractivity contribution in [3.63, 3.8) is 0 Å². The van der Waals surface area contributed by atoms with Crippen LogP contribution in [-0.2, 0) is 11.3 Å². The monoisotopic (exact) mass is 244 g/mol. The van der Waals surface area contributed by atoms with Crippen molar-refractivity contribution in [2.45, 2.75) is 13.5 Å². The predicted molar refractivity (Wildman–Crippen MR) is 69.8 cm³/mol. The van der Waals surface area contributed by atoms with E-state index in [0.29, 0.717) is 18.3 Å². The third kappa shape index (κ3) is 2.34. The van der Waals surface area contributed by atoms with Crippen molar-refractivity contribution in [3.8, 4) is 0 Å². The Morgan fingerprint density at radius 2 is 2.28 bits per heavy atom. The van der Waals surface area contributed by atoms with Gasteiger partial charge in [0.1, 0.15) is 5.84 Å². The van der Waals surface area contributed by atoms with E-state index < -0.39 is 0 Å². The first-order valence-corrected chi connectivity index (χ1v) is 5.59. The van der Waals surface area contributed by atoms with Crippen LogP contribution in [0.4, 0.5) is 0 Å². The Morgan fingerprint density at radius 3 is 2.83 bits per heavy atom. The van der Waals surface area contributed by atoms with Crippen molar-refractivity contribution in [3.05, 3.63) is 54.3 Å². The SMILES string of the molecule is C=C1C=C(Cn2cccn2)C=C(OC)N1C(C)=N. The summed E-state index contributed by atoms with van der Waals surface area (Å²) >= 11 is 0. The van der Waals surface area contributed by atoms with Crippen molar-refractivity contribution in [2.24, 2.45) is 0 Å². The van der Waals surface area contributed by atoms with E-state index in [9.17, 15) is 0 Å². The lowest BCUT2D eigenvalue weighted by atomic mass is 10.1. The van der Waals surface area contributed by atoms with E-state index in [1.165, 1.54) is 0 Å². The molecule has 1 aromatic heterocycles. The molecular formula is C13H16N4O. The number of rotatable bonds is 3. The van der Waals surface area contributed by atoms with E-state index in [0.717, 1.165) is 11.3 Å². The quantitative estimate of drug-likeness (QED) is 0.654. The van der Waals surface area contributed by atoms with Crippen LogP contribution in [0, 0.1) is 5.41 Å². The van der Waals surface area contributed by atoms with Gasteiger partial charge in [-0.2, -0.15) is 5.10 Å². The highest BCUT2D eigenvalue weighted by Crippen LogP contribution is 2.23. The van der Waals surface area contributed by atoms with Gasteiger partial charge in [-0.05, 0) is 24.6 Å². The van der Waals surface area contributed by atoms with Crippen molar-refractivity contribution in [1.82, 2.24) is 14.7 Å². The predicted octanol–water partition coefficient (Wildman–Crippen LogP) is 2.12.